The summed E-state index contributed by atoms with van der Waals surface area (Å²) < 4.78 is 0. The lowest BCUT2D eigenvalue weighted by Gasteiger charge is -2.26. The Kier molecular flexibility index (Phi) is 3.92. The zero-order chi connectivity index (χ0) is 14.2. The van der Waals surface area contributed by atoms with Gasteiger partial charge in [-0.25, -0.2) is 0 Å². The number of carboxylic acids is 1. The van der Waals surface area contributed by atoms with Crippen molar-refractivity contribution in [3.05, 3.63) is 34.9 Å². The summed E-state index contributed by atoms with van der Waals surface area (Å²) in [6.45, 7) is 1.51. The van der Waals surface area contributed by atoms with Gasteiger partial charge in [-0.15, -0.1) is 0 Å². The van der Waals surface area contributed by atoms with Crippen molar-refractivity contribution in [3.63, 3.8) is 0 Å². The van der Waals surface area contributed by atoms with Crippen LogP contribution in [0.5, 0.6) is 0 Å². The Balaban J connectivity index is 2.43. The molecule has 3 atom stereocenters. The lowest BCUT2D eigenvalue weighted by atomic mass is 9.90. The molecule has 102 valence electrons. The van der Waals surface area contributed by atoms with Crippen LogP contribution in [-0.2, 0) is 9.59 Å². The molecule has 0 saturated carbocycles. The molecule has 5 heteroatoms. The number of likely N-dealkylation sites (N-methyl/N-ethyl adjacent to an activating group) is 1. The lowest BCUT2D eigenvalue weighted by molar-refractivity contribution is -0.142. The Bertz CT molecular complexity index is 517. The average Bonchev–Trinajstić information content (AvgIpc) is 2.68. The Morgan fingerprint density at radius 1 is 1.37 bits per heavy atom. The second-order valence-electron chi connectivity index (χ2n) is 4.94. The van der Waals surface area contributed by atoms with Crippen LogP contribution in [-0.4, -0.2) is 34.8 Å². The second kappa shape index (κ2) is 5.31. The summed E-state index contributed by atoms with van der Waals surface area (Å²) in [5, 5.41) is 9.80. The molecular formula is C14H16ClNO3. The summed E-state index contributed by atoms with van der Waals surface area (Å²) in [5.41, 5.74) is 0.815. The van der Waals surface area contributed by atoms with Gasteiger partial charge >= 0.3 is 5.97 Å². The second-order valence-corrected chi connectivity index (χ2v) is 5.35. The Labute approximate surface area is 117 Å². The number of likely N-dealkylation sites (tertiary alicyclic amines) is 1. The minimum absolute atomic E-state index is 0.000481. The largest absolute Gasteiger partial charge is 0.480 e. The van der Waals surface area contributed by atoms with E-state index in [-0.39, 0.29) is 17.7 Å². The topological polar surface area (TPSA) is 57.6 Å². The van der Waals surface area contributed by atoms with Gasteiger partial charge in [-0.05, 0) is 32.0 Å². The predicted octanol–water partition coefficient (Wildman–Crippen LogP) is 2.38. The third-order valence-corrected chi connectivity index (χ3v) is 4.16. The zero-order valence-corrected chi connectivity index (χ0v) is 11.6. The highest BCUT2D eigenvalue weighted by Crippen LogP contribution is 2.42. The number of aliphatic carboxylic acids is 1. The summed E-state index contributed by atoms with van der Waals surface area (Å²) in [6, 6.07) is 6.36. The van der Waals surface area contributed by atoms with Crippen molar-refractivity contribution in [1.29, 1.82) is 0 Å². The monoisotopic (exact) mass is 281 g/mol. The van der Waals surface area contributed by atoms with Crippen LogP contribution in [0.3, 0.4) is 0 Å². The van der Waals surface area contributed by atoms with E-state index in [9.17, 15) is 14.7 Å². The number of rotatable bonds is 3. The SMILES string of the molecule is CC(=O)[C@H]1C[C@@H](C(=O)O)N(C)[C@H]1c1ccccc1Cl. The average molecular weight is 282 g/mol. The molecule has 2 rings (SSSR count). The fraction of sp³-hybridized carbons (Fsp3) is 0.429. The Hall–Kier alpha value is -1.39. The minimum Gasteiger partial charge on any atom is -0.480 e. The van der Waals surface area contributed by atoms with Crippen LogP contribution in [0, 0.1) is 5.92 Å². The van der Waals surface area contributed by atoms with Crippen LogP contribution in [0.2, 0.25) is 5.02 Å². The molecule has 0 spiro atoms. The van der Waals surface area contributed by atoms with Crippen LogP contribution in [0.25, 0.3) is 0 Å². The Morgan fingerprint density at radius 2 is 2.00 bits per heavy atom. The standard InChI is InChI=1S/C14H16ClNO3/c1-8(17)10-7-12(14(18)19)16(2)13(10)9-5-3-4-6-11(9)15/h3-6,10,12-13H,7H2,1-2H3,(H,18,19)/t10-,12+,13+/m1/s1. The van der Waals surface area contributed by atoms with Crippen molar-refractivity contribution >= 4 is 23.4 Å². The normalized spacial score (nSPS) is 27.4. The number of carbonyl (C=O) groups excluding carboxylic acids is 1. The smallest absolute Gasteiger partial charge is 0.320 e. The number of hydrogen-bond acceptors (Lipinski definition) is 3. The summed E-state index contributed by atoms with van der Waals surface area (Å²) >= 11 is 6.18. The maximum Gasteiger partial charge on any atom is 0.320 e. The molecule has 1 aliphatic rings. The maximum absolute atomic E-state index is 11.8. The van der Waals surface area contributed by atoms with Gasteiger partial charge in [0.15, 0.2) is 0 Å². The van der Waals surface area contributed by atoms with E-state index >= 15 is 0 Å². The fourth-order valence-electron chi connectivity index (χ4n) is 2.83. The molecule has 0 amide bonds. The molecule has 0 unspecified atom stereocenters. The lowest BCUT2D eigenvalue weighted by Crippen LogP contribution is -2.34. The van der Waals surface area contributed by atoms with Crippen molar-refractivity contribution in [2.45, 2.75) is 25.4 Å². The highest BCUT2D eigenvalue weighted by molar-refractivity contribution is 6.31. The first kappa shape index (κ1) is 14.0. The van der Waals surface area contributed by atoms with E-state index in [0.717, 1.165) is 5.56 Å². The first-order valence-electron chi connectivity index (χ1n) is 6.13. The summed E-state index contributed by atoms with van der Waals surface area (Å²) in [5.74, 6) is -1.23. The molecule has 1 saturated heterocycles. The third-order valence-electron chi connectivity index (χ3n) is 3.82. The van der Waals surface area contributed by atoms with Crippen LogP contribution in [0.4, 0.5) is 0 Å². The van der Waals surface area contributed by atoms with Gasteiger partial charge in [0.2, 0.25) is 0 Å². The van der Waals surface area contributed by atoms with Crippen LogP contribution >= 0.6 is 11.6 Å². The van der Waals surface area contributed by atoms with Gasteiger partial charge in [-0.2, -0.15) is 0 Å². The van der Waals surface area contributed by atoms with Crippen molar-refractivity contribution in [1.82, 2.24) is 4.90 Å². The number of hydrogen-bond donors (Lipinski definition) is 1. The number of nitrogens with zero attached hydrogens (tertiary/aromatic N) is 1. The molecule has 0 bridgehead atoms. The van der Waals surface area contributed by atoms with E-state index in [1.54, 1.807) is 18.0 Å². The fourth-order valence-corrected chi connectivity index (χ4v) is 3.08. The van der Waals surface area contributed by atoms with Gasteiger partial charge < -0.3 is 5.11 Å². The maximum atomic E-state index is 11.8. The zero-order valence-electron chi connectivity index (χ0n) is 10.8. The van der Waals surface area contributed by atoms with Crippen molar-refractivity contribution in [2.75, 3.05) is 7.05 Å². The number of carbonyl (C=O) groups is 2. The molecule has 4 nitrogen and oxygen atoms in total. The summed E-state index contributed by atoms with van der Waals surface area (Å²) in [7, 11) is 1.73. The molecule has 19 heavy (non-hydrogen) atoms. The summed E-state index contributed by atoms with van der Waals surface area (Å²) in [4.78, 5) is 24.8. The third kappa shape index (κ3) is 2.51. The van der Waals surface area contributed by atoms with E-state index < -0.39 is 12.0 Å². The minimum atomic E-state index is -0.900. The van der Waals surface area contributed by atoms with Crippen LogP contribution in [0.1, 0.15) is 24.9 Å². The molecule has 1 aliphatic heterocycles. The number of benzene rings is 1. The highest BCUT2D eigenvalue weighted by Gasteiger charge is 2.45. The quantitative estimate of drug-likeness (QED) is 0.924. The van der Waals surface area contributed by atoms with Crippen molar-refractivity contribution in [3.8, 4) is 0 Å². The molecule has 1 aromatic carbocycles. The van der Waals surface area contributed by atoms with Gasteiger partial charge in [0.25, 0.3) is 0 Å². The number of ketones is 1. The molecule has 1 heterocycles. The van der Waals surface area contributed by atoms with E-state index in [2.05, 4.69) is 0 Å². The van der Waals surface area contributed by atoms with Gasteiger partial charge in [0.1, 0.15) is 11.8 Å². The van der Waals surface area contributed by atoms with Gasteiger partial charge in [0, 0.05) is 17.0 Å². The van der Waals surface area contributed by atoms with Gasteiger partial charge in [-0.3, -0.25) is 14.5 Å². The number of halogens is 1. The van der Waals surface area contributed by atoms with E-state index in [4.69, 9.17) is 11.6 Å². The molecule has 1 N–H and O–H groups in total. The van der Waals surface area contributed by atoms with E-state index in [1.165, 1.54) is 6.92 Å². The van der Waals surface area contributed by atoms with Gasteiger partial charge in [0.05, 0.1) is 0 Å². The first-order valence-corrected chi connectivity index (χ1v) is 6.51. The van der Waals surface area contributed by atoms with Crippen LogP contribution < -0.4 is 0 Å². The molecular weight excluding hydrogens is 266 g/mol. The first-order chi connectivity index (χ1) is 8.93. The molecule has 0 aromatic heterocycles. The van der Waals surface area contributed by atoms with Crippen molar-refractivity contribution < 1.29 is 14.7 Å². The molecule has 1 fully saturated rings. The molecule has 0 radical (unpaired) electrons. The van der Waals surface area contributed by atoms with Crippen LogP contribution in [0.15, 0.2) is 24.3 Å². The predicted molar refractivity (Wildman–Crippen MR) is 72.2 cm³/mol. The highest BCUT2D eigenvalue weighted by atomic mass is 35.5. The van der Waals surface area contributed by atoms with Crippen molar-refractivity contribution in [2.24, 2.45) is 5.92 Å². The number of carboxylic acid groups (broad SMARTS) is 1. The number of Topliss-reactive ketones (excluding diaryl/α,β-unsaturated/α-hetero) is 1. The van der Waals surface area contributed by atoms with Gasteiger partial charge in [-0.1, -0.05) is 29.8 Å². The van der Waals surface area contributed by atoms with E-state index in [1.807, 2.05) is 18.2 Å². The molecule has 1 aromatic rings. The molecule has 0 aliphatic carbocycles. The Morgan fingerprint density at radius 3 is 2.53 bits per heavy atom. The summed E-state index contributed by atoms with van der Waals surface area (Å²) in [6.07, 6.45) is 0.330. The van der Waals surface area contributed by atoms with E-state index in [0.29, 0.717) is 11.4 Å².